The first kappa shape index (κ1) is 19.5. The molecular formula is C18H18BrN3O4. The Kier molecular flexibility index (Phi) is 7.16. The van der Waals surface area contributed by atoms with Crippen molar-refractivity contribution in [2.45, 2.75) is 6.54 Å². The minimum Gasteiger partial charge on any atom is -0.497 e. The van der Waals surface area contributed by atoms with Crippen molar-refractivity contribution in [3.63, 3.8) is 0 Å². The van der Waals surface area contributed by atoms with Crippen LogP contribution in [0.15, 0.2) is 52.0 Å². The van der Waals surface area contributed by atoms with Crippen molar-refractivity contribution in [2.24, 2.45) is 5.10 Å². The monoisotopic (exact) mass is 419 g/mol. The molecule has 0 aliphatic heterocycles. The van der Waals surface area contributed by atoms with Gasteiger partial charge in [0.05, 0.1) is 20.4 Å². The van der Waals surface area contributed by atoms with E-state index in [1.165, 1.54) is 13.3 Å². The van der Waals surface area contributed by atoms with Crippen LogP contribution < -0.4 is 20.2 Å². The highest BCUT2D eigenvalue weighted by molar-refractivity contribution is 9.10. The molecule has 2 rings (SSSR count). The molecule has 8 heteroatoms. The Hall–Kier alpha value is -2.87. The van der Waals surface area contributed by atoms with Gasteiger partial charge in [0.15, 0.2) is 0 Å². The summed E-state index contributed by atoms with van der Waals surface area (Å²) >= 11 is 3.34. The average molecular weight is 420 g/mol. The van der Waals surface area contributed by atoms with Crippen LogP contribution in [0.25, 0.3) is 0 Å². The van der Waals surface area contributed by atoms with Crippen molar-refractivity contribution in [1.82, 2.24) is 10.7 Å². The van der Waals surface area contributed by atoms with Crippen LogP contribution in [0.4, 0.5) is 0 Å². The van der Waals surface area contributed by atoms with Crippen LogP contribution in [0, 0.1) is 0 Å². The lowest BCUT2D eigenvalue weighted by molar-refractivity contribution is -0.139. The average Bonchev–Trinajstić information content (AvgIpc) is 2.66. The fraction of sp³-hybridized carbons (Fsp3) is 0.167. The van der Waals surface area contributed by atoms with E-state index in [4.69, 9.17) is 9.47 Å². The number of ether oxygens (including phenoxy) is 2. The third-order valence-corrected chi connectivity index (χ3v) is 3.87. The van der Waals surface area contributed by atoms with Gasteiger partial charge in [0.25, 0.3) is 0 Å². The lowest BCUT2D eigenvalue weighted by Crippen LogP contribution is -2.37. The molecule has 2 N–H and O–H groups in total. The largest absolute Gasteiger partial charge is 0.497 e. The van der Waals surface area contributed by atoms with Crippen LogP contribution in [0.2, 0.25) is 0 Å². The maximum absolute atomic E-state index is 11.8. The quantitative estimate of drug-likeness (QED) is 0.426. The molecule has 26 heavy (non-hydrogen) atoms. The molecule has 0 unspecified atom stereocenters. The standard InChI is InChI=1S/C18H18BrN3O4/c1-25-15-6-3-12(4-7-15)10-20-17(23)18(24)22-21-11-13-9-14(19)5-8-16(13)26-2/h3-9,11H,10H2,1-2H3,(H,20,23)(H,22,24)/b21-11-. The number of carbonyl (C=O) groups is 2. The molecule has 0 aliphatic rings. The van der Waals surface area contributed by atoms with Crippen molar-refractivity contribution in [1.29, 1.82) is 0 Å². The third-order valence-electron chi connectivity index (χ3n) is 3.38. The summed E-state index contributed by atoms with van der Waals surface area (Å²) in [6.45, 7) is 0.222. The van der Waals surface area contributed by atoms with Gasteiger partial charge in [0.1, 0.15) is 11.5 Å². The number of hydrogen-bond acceptors (Lipinski definition) is 5. The van der Waals surface area contributed by atoms with Gasteiger partial charge >= 0.3 is 11.8 Å². The van der Waals surface area contributed by atoms with Crippen LogP contribution in [0.5, 0.6) is 11.5 Å². The highest BCUT2D eigenvalue weighted by Gasteiger charge is 2.12. The minimum atomic E-state index is -0.858. The predicted molar refractivity (Wildman–Crippen MR) is 101 cm³/mol. The zero-order chi connectivity index (χ0) is 18.9. The molecule has 2 aromatic carbocycles. The molecule has 0 aliphatic carbocycles. The normalized spacial score (nSPS) is 10.4. The van der Waals surface area contributed by atoms with Gasteiger partial charge in [-0.2, -0.15) is 5.10 Å². The molecule has 2 aromatic rings. The predicted octanol–water partition coefficient (Wildman–Crippen LogP) is 2.23. The van der Waals surface area contributed by atoms with E-state index in [2.05, 4.69) is 31.8 Å². The molecule has 0 fully saturated rings. The van der Waals surface area contributed by atoms with Crippen molar-refractivity contribution in [3.8, 4) is 11.5 Å². The summed E-state index contributed by atoms with van der Waals surface area (Å²) in [6.07, 6.45) is 1.40. The van der Waals surface area contributed by atoms with Crippen molar-refractivity contribution >= 4 is 34.0 Å². The van der Waals surface area contributed by atoms with Gasteiger partial charge in [-0.1, -0.05) is 28.1 Å². The number of carbonyl (C=O) groups excluding carboxylic acids is 2. The van der Waals surface area contributed by atoms with Crippen molar-refractivity contribution in [3.05, 3.63) is 58.1 Å². The molecule has 136 valence electrons. The number of nitrogens with one attached hydrogen (secondary N) is 2. The second-order valence-corrected chi connectivity index (χ2v) is 6.03. The number of hydrazone groups is 1. The fourth-order valence-electron chi connectivity index (χ4n) is 2.02. The Bertz CT molecular complexity index is 807. The van der Waals surface area contributed by atoms with Gasteiger partial charge in [-0.3, -0.25) is 9.59 Å². The van der Waals surface area contributed by atoms with Crippen LogP contribution in [-0.2, 0) is 16.1 Å². The first-order valence-corrected chi connectivity index (χ1v) is 8.40. The Morgan fingerprint density at radius 3 is 2.46 bits per heavy atom. The van der Waals surface area contributed by atoms with Gasteiger partial charge in [0, 0.05) is 16.6 Å². The van der Waals surface area contributed by atoms with E-state index in [0.717, 1.165) is 15.8 Å². The summed E-state index contributed by atoms with van der Waals surface area (Å²) in [4.78, 5) is 23.6. The molecule has 0 radical (unpaired) electrons. The second-order valence-electron chi connectivity index (χ2n) is 5.12. The molecule has 7 nitrogen and oxygen atoms in total. The molecule has 0 aromatic heterocycles. The first-order valence-electron chi connectivity index (χ1n) is 7.61. The number of halogens is 1. The van der Waals surface area contributed by atoms with Crippen LogP contribution >= 0.6 is 15.9 Å². The summed E-state index contributed by atoms with van der Waals surface area (Å²) in [6, 6.07) is 12.5. The lowest BCUT2D eigenvalue weighted by Gasteiger charge is -2.06. The highest BCUT2D eigenvalue weighted by Crippen LogP contribution is 2.21. The molecular weight excluding hydrogens is 402 g/mol. The number of hydrogen-bond donors (Lipinski definition) is 2. The smallest absolute Gasteiger partial charge is 0.329 e. The van der Waals surface area contributed by atoms with E-state index in [1.54, 1.807) is 43.5 Å². The Morgan fingerprint density at radius 1 is 1.08 bits per heavy atom. The summed E-state index contributed by atoms with van der Waals surface area (Å²) in [5.41, 5.74) is 3.68. The Morgan fingerprint density at radius 2 is 1.81 bits per heavy atom. The number of methoxy groups -OCH3 is 2. The van der Waals surface area contributed by atoms with E-state index in [1.807, 2.05) is 6.07 Å². The van der Waals surface area contributed by atoms with E-state index >= 15 is 0 Å². The zero-order valence-corrected chi connectivity index (χ0v) is 15.9. The number of benzene rings is 2. The van der Waals surface area contributed by atoms with E-state index in [9.17, 15) is 9.59 Å². The minimum absolute atomic E-state index is 0.222. The molecule has 0 spiro atoms. The number of rotatable bonds is 6. The van der Waals surface area contributed by atoms with Gasteiger partial charge < -0.3 is 14.8 Å². The maximum atomic E-state index is 11.8. The van der Waals surface area contributed by atoms with Gasteiger partial charge in [0.2, 0.25) is 0 Å². The number of nitrogens with zero attached hydrogens (tertiary/aromatic N) is 1. The topological polar surface area (TPSA) is 89.0 Å². The van der Waals surface area contributed by atoms with E-state index in [-0.39, 0.29) is 6.54 Å². The van der Waals surface area contributed by atoms with Gasteiger partial charge in [-0.05, 0) is 35.9 Å². The van der Waals surface area contributed by atoms with Crippen LogP contribution in [0.3, 0.4) is 0 Å². The Labute approximate surface area is 159 Å². The first-order chi connectivity index (χ1) is 12.5. The maximum Gasteiger partial charge on any atom is 0.329 e. The molecule has 0 bridgehead atoms. The Balaban J connectivity index is 1.86. The summed E-state index contributed by atoms with van der Waals surface area (Å²) in [7, 11) is 3.11. The third kappa shape index (κ3) is 5.59. The lowest BCUT2D eigenvalue weighted by atomic mass is 10.2. The summed E-state index contributed by atoms with van der Waals surface area (Å²) in [5, 5.41) is 6.31. The highest BCUT2D eigenvalue weighted by atomic mass is 79.9. The summed E-state index contributed by atoms with van der Waals surface area (Å²) in [5.74, 6) is -0.326. The van der Waals surface area contributed by atoms with E-state index in [0.29, 0.717) is 11.3 Å². The molecule has 0 atom stereocenters. The SMILES string of the molecule is COc1ccc(CNC(=O)C(=O)N/N=C\c2cc(Br)ccc2OC)cc1. The second kappa shape index (κ2) is 9.57. The number of amides is 2. The molecule has 0 saturated heterocycles. The van der Waals surface area contributed by atoms with Crippen molar-refractivity contribution in [2.75, 3.05) is 14.2 Å². The zero-order valence-electron chi connectivity index (χ0n) is 14.3. The van der Waals surface area contributed by atoms with Crippen LogP contribution in [0.1, 0.15) is 11.1 Å². The molecule has 0 heterocycles. The van der Waals surface area contributed by atoms with Crippen LogP contribution in [-0.4, -0.2) is 32.2 Å². The van der Waals surface area contributed by atoms with Crippen molar-refractivity contribution < 1.29 is 19.1 Å². The molecule has 2 amide bonds. The van der Waals surface area contributed by atoms with Gasteiger partial charge in [-0.15, -0.1) is 0 Å². The molecule has 0 saturated carbocycles. The van der Waals surface area contributed by atoms with E-state index < -0.39 is 11.8 Å². The fourth-order valence-corrected chi connectivity index (χ4v) is 2.40. The van der Waals surface area contributed by atoms with Gasteiger partial charge in [-0.25, -0.2) is 5.43 Å². The summed E-state index contributed by atoms with van der Waals surface area (Å²) < 4.78 is 11.1.